The van der Waals surface area contributed by atoms with E-state index < -0.39 is 11.5 Å². The number of aliphatic hydroxyl groups is 1. The van der Waals surface area contributed by atoms with Gasteiger partial charge >= 0.3 is 0 Å². The lowest BCUT2D eigenvalue weighted by Crippen LogP contribution is -2.58. The van der Waals surface area contributed by atoms with Gasteiger partial charge in [-0.1, -0.05) is 24.4 Å². The number of aliphatic hydroxyl groups excluding tert-OH is 1. The zero-order valence-corrected chi connectivity index (χ0v) is 11.4. The predicted octanol–water partition coefficient (Wildman–Crippen LogP) is 0.665. The van der Waals surface area contributed by atoms with Crippen molar-refractivity contribution in [3.8, 4) is 0 Å². The normalized spacial score (nSPS) is 30.5. The number of amides is 1. The zero-order chi connectivity index (χ0) is 14.0. The number of hydrogen-bond donors (Lipinski definition) is 3. The van der Waals surface area contributed by atoms with E-state index in [1.165, 1.54) is 0 Å². The maximum atomic E-state index is 12.6. The average Bonchev–Trinajstić information content (AvgIpc) is 2.36. The second kappa shape index (κ2) is 5.36. The summed E-state index contributed by atoms with van der Waals surface area (Å²) in [6.07, 6.45) is 5.26. The third-order valence-corrected chi connectivity index (χ3v) is 4.73. The highest BCUT2D eigenvalue weighted by Crippen LogP contribution is 2.43. The molecule has 108 valence electrons. The van der Waals surface area contributed by atoms with Crippen molar-refractivity contribution in [1.82, 2.24) is 4.90 Å². The second-order valence-corrected chi connectivity index (χ2v) is 5.76. The van der Waals surface area contributed by atoms with Crippen LogP contribution < -0.4 is 5.73 Å². The fraction of sp³-hybridized carbons (Fsp3) is 0.846. The molecule has 2 fully saturated rings. The quantitative estimate of drug-likeness (QED) is 0.303. The monoisotopic (exact) mass is 269 g/mol. The lowest BCUT2D eigenvalue weighted by molar-refractivity contribution is -0.146. The Bertz CT molecular complexity index is 379. The van der Waals surface area contributed by atoms with Gasteiger partial charge in [-0.25, -0.2) is 0 Å². The number of nitrogens with two attached hydrogens (primary N) is 1. The molecule has 0 aliphatic heterocycles. The van der Waals surface area contributed by atoms with Gasteiger partial charge in [0.05, 0.1) is 12.1 Å². The Morgan fingerprint density at radius 2 is 1.95 bits per heavy atom. The van der Waals surface area contributed by atoms with Gasteiger partial charge in [-0.3, -0.25) is 4.79 Å². The predicted molar refractivity (Wildman–Crippen MR) is 70.7 cm³/mol. The van der Waals surface area contributed by atoms with Crippen LogP contribution in [0.15, 0.2) is 5.16 Å². The lowest BCUT2D eigenvalue weighted by atomic mass is 9.66. The summed E-state index contributed by atoms with van der Waals surface area (Å²) in [4.78, 5) is 14.2. The van der Waals surface area contributed by atoms with Gasteiger partial charge in [0.1, 0.15) is 5.41 Å². The van der Waals surface area contributed by atoms with Crippen molar-refractivity contribution in [2.45, 2.75) is 57.1 Å². The Balaban J connectivity index is 2.13. The van der Waals surface area contributed by atoms with Gasteiger partial charge in [0.25, 0.3) is 0 Å². The van der Waals surface area contributed by atoms with Gasteiger partial charge < -0.3 is 20.9 Å². The molecule has 0 spiro atoms. The molecule has 2 aliphatic carbocycles. The van der Waals surface area contributed by atoms with Crippen LogP contribution in [0.5, 0.6) is 0 Å². The molecule has 2 saturated carbocycles. The smallest absolute Gasteiger partial charge is 0.236 e. The molecule has 0 bridgehead atoms. The first-order chi connectivity index (χ1) is 9.03. The molecule has 0 aromatic rings. The van der Waals surface area contributed by atoms with E-state index in [9.17, 15) is 9.90 Å². The molecule has 0 heterocycles. The third-order valence-electron chi connectivity index (χ3n) is 4.73. The summed E-state index contributed by atoms with van der Waals surface area (Å²) < 4.78 is 0. The minimum absolute atomic E-state index is 0.000833. The molecule has 2 rings (SSSR count). The number of amidine groups is 1. The van der Waals surface area contributed by atoms with Crippen molar-refractivity contribution in [1.29, 1.82) is 0 Å². The molecule has 0 radical (unpaired) electrons. The summed E-state index contributed by atoms with van der Waals surface area (Å²) in [6, 6.07) is -0.148. The first kappa shape index (κ1) is 14.1. The van der Waals surface area contributed by atoms with Crippen LogP contribution >= 0.6 is 0 Å². The van der Waals surface area contributed by atoms with Crippen LogP contribution in [-0.4, -0.2) is 46.1 Å². The Labute approximate surface area is 113 Å². The summed E-state index contributed by atoms with van der Waals surface area (Å²) in [5.41, 5.74) is 4.86. The van der Waals surface area contributed by atoms with Gasteiger partial charge in [-0.2, -0.15) is 0 Å². The van der Waals surface area contributed by atoms with Gasteiger partial charge in [-0.05, 0) is 25.7 Å². The molecule has 2 aliphatic rings. The zero-order valence-electron chi connectivity index (χ0n) is 11.4. The largest absolute Gasteiger partial charge is 0.409 e. The van der Waals surface area contributed by atoms with Crippen LogP contribution in [0, 0.1) is 5.41 Å². The first-order valence-corrected chi connectivity index (χ1v) is 6.96. The fourth-order valence-electron chi connectivity index (χ4n) is 3.24. The van der Waals surface area contributed by atoms with Crippen molar-refractivity contribution >= 4 is 11.7 Å². The van der Waals surface area contributed by atoms with Gasteiger partial charge in [-0.15, -0.1) is 0 Å². The van der Waals surface area contributed by atoms with Crippen molar-refractivity contribution in [2.75, 3.05) is 7.05 Å². The minimum atomic E-state index is -0.847. The molecule has 0 saturated heterocycles. The molecular weight excluding hydrogens is 246 g/mol. The van der Waals surface area contributed by atoms with E-state index >= 15 is 0 Å². The van der Waals surface area contributed by atoms with Gasteiger partial charge in [0.2, 0.25) is 5.91 Å². The highest BCUT2D eigenvalue weighted by molar-refractivity contribution is 6.07. The Morgan fingerprint density at radius 3 is 2.42 bits per heavy atom. The number of likely N-dealkylation sites (N-methyl/N-ethyl adjacent to an activating group) is 1. The van der Waals surface area contributed by atoms with E-state index in [1.54, 1.807) is 11.9 Å². The summed E-state index contributed by atoms with van der Waals surface area (Å²) in [5, 5.41) is 21.9. The second-order valence-electron chi connectivity index (χ2n) is 5.76. The van der Waals surface area contributed by atoms with E-state index in [-0.39, 0.29) is 17.8 Å². The van der Waals surface area contributed by atoms with Crippen molar-refractivity contribution in [3.05, 3.63) is 0 Å². The standard InChI is InChI=1S/C13H23N3O3/c1-16(9-5-2-3-6-10(9)17)12(18)13(7-4-8-13)11(14)15-19/h9-10,17,19H,2-8H2,1H3,(H2,14,15). The summed E-state index contributed by atoms with van der Waals surface area (Å²) in [7, 11) is 1.71. The Kier molecular flexibility index (Phi) is 3.99. The number of nitrogens with zero attached hydrogens (tertiary/aromatic N) is 2. The van der Waals surface area contributed by atoms with Crippen LogP contribution in [0.2, 0.25) is 0 Å². The van der Waals surface area contributed by atoms with Crippen LogP contribution in [-0.2, 0) is 4.79 Å². The van der Waals surface area contributed by atoms with E-state index in [4.69, 9.17) is 10.9 Å². The molecule has 4 N–H and O–H groups in total. The number of oxime groups is 1. The van der Waals surface area contributed by atoms with E-state index in [1.807, 2.05) is 0 Å². The number of hydrogen-bond acceptors (Lipinski definition) is 4. The van der Waals surface area contributed by atoms with Crippen molar-refractivity contribution < 1.29 is 15.1 Å². The Morgan fingerprint density at radius 1 is 1.32 bits per heavy atom. The minimum Gasteiger partial charge on any atom is -0.409 e. The molecule has 2 atom stereocenters. The molecular formula is C13H23N3O3. The molecule has 0 aromatic heterocycles. The van der Waals surface area contributed by atoms with Crippen molar-refractivity contribution in [2.24, 2.45) is 16.3 Å². The average molecular weight is 269 g/mol. The van der Waals surface area contributed by atoms with Crippen LogP contribution in [0.3, 0.4) is 0 Å². The molecule has 6 nitrogen and oxygen atoms in total. The molecule has 1 amide bonds. The maximum absolute atomic E-state index is 12.6. The van der Waals surface area contributed by atoms with E-state index in [0.717, 1.165) is 32.1 Å². The topological polar surface area (TPSA) is 99.2 Å². The SMILES string of the molecule is CN(C(=O)C1(C(N)=NO)CCC1)C1CCCCC1O. The Hall–Kier alpha value is -1.30. The van der Waals surface area contributed by atoms with Gasteiger partial charge in [0.15, 0.2) is 5.84 Å². The van der Waals surface area contributed by atoms with Gasteiger partial charge in [0, 0.05) is 7.05 Å². The lowest BCUT2D eigenvalue weighted by Gasteiger charge is -2.45. The van der Waals surface area contributed by atoms with E-state index in [2.05, 4.69) is 5.16 Å². The third kappa shape index (κ3) is 2.29. The van der Waals surface area contributed by atoms with Crippen LogP contribution in [0.4, 0.5) is 0 Å². The highest BCUT2D eigenvalue weighted by Gasteiger charge is 2.51. The first-order valence-electron chi connectivity index (χ1n) is 6.96. The maximum Gasteiger partial charge on any atom is 0.236 e. The van der Waals surface area contributed by atoms with Crippen molar-refractivity contribution in [3.63, 3.8) is 0 Å². The number of carbonyl (C=O) groups excluding carboxylic acids is 1. The summed E-state index contributed by atoms with van der Waals surface area (Å²) in [5.74, 6) is -0.124. The number of carbonyl (C=O) groups is 1. The molecule has 19 heavy (non-hydrogen) atoms. The summed E-state index contributed by atoms with van der Waals surface area (Å²) >= 11 is 0. The molecule has 0 aromatic carbocycles. The fourth-order valence-corrected chi connectivity index (χ4v) is 3.24. The van der Waals surface area contributed by atoms with Crippen LogP contribution in [0.25, 0.3) is 0 Å². The van der Waals surface area contributed by atoms with Crippen LogP contribution in [0.1, 0.15) is 44.9 Å². The van der Waals surface area contributed by atoms with E-state index in [0.29, 0.717) is 12.8 Å². The molecule has 2 unspecified atom stereocenters. The molecule has 6 heteroatoms. The number of rotatable bonds is 3. The summed E-state index contributed by atoms with van der Waals surface area (Å²) in [6.45, 7) is 0. The highest BCUT2D eigenvalue weighted by atomic mass is 16.4.